The number of benzene rings is 2. The van der Waals surface area contributed by atoms with Gasteiger partial charge in [-0.2, -0.15) is 18.6 Å². The third-order valence-electron chi connectivity index (χ3n) is 3.63. The maximum atomic E-state index is 12.1. The van der Waals surface area contributed by atoms with Gasteiger partial charge in [0.2, 0.25) is 0 Å². The Morgan fingerprint density at radius 3 is 2.22 bits per heavy atom. The summed E-state index contributed by atoms with van der Waals surface area (Å²) in [6, 6.07) is 8.82. The molecule has 0 saturated carbocycles. The monoisotopic (exact) mass is 413 g/mol. The van der Waals surface area contributed by atoms with Crippen LogP contribution in [0.25, 0.3) is 0 Å². The minimum atomic E-state index is -4.36. The molecule has 3 N–H and O–H groups in total. The first-order valence-corrected chi connectivity index (χ1v) is 10.9. The number of ether oxygens (including phenoxy) is 1. The van der Waals surface area contributed by atoms with Gasteiger partial charge in [0.1, 0.15) is 5.75 Å². The fraction of sp³-hybridized carbons (Fsp3) is 0.250. The Hall–Kier alpha value is -2.50. The second-order valence-electron chi connectivity index (χ2n) is 5.68. The van der Waals surface area contributed by atoms with Crippen LogP contribution in [0.5, 0.6) is 5.75 Å². The molecule has 2 rings (SSSR count). The molecule has 0 aliphatic carbocycles. The van der Waals surface area contributed by atoms with E-state index in [2.05, 4.69) is 10.2 Å². The predicted molar refractivity (Wildman–Crippen MR) is 101 cm³/mol. The third-order valence-corrected chi connectivity index (χ3v) is 6.34. The minimum Gasteiger partial charge on any atom is -0.495 e. The van der Waals surface area contributed by atoms with Crippen molar-refractivity contribution in [2.45, 2.75) is 11.8 Å². The Morgan fingerprint density at radius 1 is 1.04 bits per heavy atom. The van der Waals surface area contributed by atoms with E-state index in [0.29, 0.717) is 22.8 Å². The highest BCUT2D eigenvalue weighted by atomic mass is 32.2. The minimum absolute atomic E-state index is 0.0737. The highest BCUT2D eigenvalue weighted by Gasteiger charge is 2.18. The molecular formula is C16H19N3O6S2. The smallest absolute Gasteiger partial charge is 0.265 e. The Labute approximate surface area is 157 Å². The lowest BCUT2D eigenvalue weighted by Crippen LogP contribution is -2.16. The standard InChI is InChI=1S/C16H19N3O6S2/c1-11-9-14(17)16(25-2)10-15(11)19-18-12-3-5-13(6-4-12)26(20,21)7-8-27(22,23)24/h3-6,9-10H,7-8,17H2,1-2H3,(H,22,23,24). The van der Waals surface area contributed by atoms with Crippen LogP contribution in [0, 0.1) is 6.92 Å². The van der Waals surface area contributed by atoms with Crippen molar-refractivity contribution in [1.29, 1.82) is 0 Å². The van der Waals surface area contributed by atoms with E-state index in [1.54, 1.807) is 12.1 Å². The molecule has 0 spiro atoms. The van der Waals surface area contributed by atoms with E-state index in [-0.39, 0.29) is 4.90 Å². The number of sulfone groups is 1. The number of hydrogen-bond donors (Lipinski definition) is 2. The van der Waals surface area contributed by atoms with E-state index < -0.39 is 31.5 Å². The van der Waals surface area contributed by atoms with Crippen LogP contribution < -0.4 is 10.5 Å². The first-order chi connectivity index (χ1) is 12.5. The van der Waals surface area contributed by atoms with Gasteiger partial charge in [-0.05, 0) is 42.8 Å². The van der Waals surface area contributed by atoms with Crippen LogP contribution >= 0.6 is 0 Å². The molecule has 0 radical (unpaired) electrons. The van der Waals surface area contributed by atoms with Crippen molar-refractivity contribution >= 4 is 37.0 Å². The van der Waals surface area contributed by atoms with Crippen molar-refractivity contribution in [1.82, 2.24) is 0 Å². The van der Waals surface area contributed by atoms with E-state index in [1.807, 2.05) is 6.92 Å². The molecule has 11 heteroatoms. The van der Waals surface area contributed by atoms with E-state index >= 15 is 0 Å². The van der Waals surface area contributed by atoms with Crippen LogP contribution in [0.4, 0.5) is 17.1 Å². The second kappa shape index (κ2) is 8.03. The van der Waals surface area contributed by atoms with Crippen molar-refractivity contribution in [3.05, 3.63) is 42.0 Å². The average molecular weight is 413 g/mol. The van der Waals surface area contributed by atoms with E-state index in [1.165, 1.54) is 31.4 Å². The normalized spacial score (nSPS) is 12.4. The maximum absolute atomic E-state index is 12.1. The van der Waals surface area contributed by atoms with Gasteiger partial charge in [-0.1, -0.05) is 0 Å². The topological polar surface area (TPSA) is 148 Å². The number of nitrogens with two attached hydrogens (primary N) is 1. The highest BCUT2D eigenvalue weighted by molar-refractivity contribution is 7.93. The van der Waals surface area contributed by atoms with Crippen LogP contribution in [0.15, 0.2) is 51.5 Å². The van der Waals surface area contributed by atoms with Crippen LogP contribution in [0.3, 0.4) is 0 Å². The first kappa shape index (κ1) is 20.8. The van der Waals surface area contributed by atoms with Crippen molar-refractivity contribution in [3.63, 3.8) is 0 Å². The molecule has 0 aromatic heterocycles. The third kappa shape index (κ3) is 5.74. The summed E-state index contributed by atoms with van der Waals surface area (Å²) in [6.07, 6.45) is 0. The van der Waals surface area contributed by atoms with E-state index in [4.69, 9.17) is 15.0 Å². The quantitative estimate of drug-likeness (QED) is 0.402. The number of aryl methyl sites for hydroxylation is 1. The lowest BCUT2D eigenvalue weighted by atomic mass is 10.1. The van der Waals surface area contributed by atoms with Gasteiger partial charge >= 0.3 is 0 Å². The summed E-state index contributed by atoms with van der Waals surface area (Å²) in [5.74, 6) is -1.11. The van der Waals surface area contributed by atoms with Crippen LogP contribution in [-0.2, 0) is 20.0 Å². The van der Waals surface area contributed by atoms with Crippen LogP contribution in [-0.4, -0.2) is 40.0 Å². The van der Waals surface area contributed by atoms with Crippen molar-refractivity contribution in [2.75, 3.05) is 24.3 Å². The molecule has 146 valence electrons. The summed E-state index contributed by atoms with van der Waals surface area (Å²) in [7, 11) is -6.71. The number of hydrogen-bond acceptors (Lipinski definition) is 8. The molecule has 0 atom stereocenters. The van der Waals surface area contributed by atoms with Crippen LogP contribution in [0.1, 0.15) is 5.56 Å². The maximum Gasteiger partial charge on any atom is 0.265 e. The van der Waals surface area contributed by atoms with E-state index in [9.17, 15) is 16.8 Å². The summed E-state index contributed by atoms with van der Waals surface area (Å²) in [5, 5.41) is 8.16. The van der Waals surface area contributed by atoms with Gasteiger partial charge in [-0.3, -0.25) is 4.55 Å². The number of nitrogen functional groups attached to an aromatic ring is 1. The zero-order valence-electron chi connectivity index (χ0n) is 14.7. The van der Waals surface area contributed by atoms with Gasteiger partial charge in [-0.15, -0.1) is 0 Å². The summed E-state index contributed by atoms with van der Waals surface area (Å²) in [6.45, 7) is 1.81. The first-order valence-electron chi connectivity index (χ1n) is 7.66. The van der Waals surface area contributed by atoms with Gasteiger partial charge in [0.25, 0.3) is 10.1 Å². The number of rotatable bonds is 7. The molecule has 0 saturated heterocycles. The number of nitrogens with zero attached hydrogens (tertiary/aromatic N) is 2. The average Bonchev–Trinajstić information content (AvgIpc) is 2.59. The molecule has 27 heavy (non-hydrogen) atoms. The molecule has 2 aromatic carbocycles. The Kier molecular flexibility index (Phi) is 6.19. The Bertz CT molecular complexity index is 1060. The Morgan fingerprint density at radius 2 is 1.67 bits per heavy atom. The summed E-state index contributed by atoms with van der Waals surface area (Å²) in [5.41, 5.74) is 8.03. The highest BCUT2D eigenvalue weighted by Crippen LogP contribution is 2.31. The summed E-state index contributed by atoms with van der Waals surface area (Å²) >= 11 is 0. The molecule has 0 heterocycles. The van der Waals surface area contributed by atoms with Gasteiger partial charge < -0.3 is 10.5 Å². The van der Waals surface area contributed by atoms with Gasteiger partial charge in [0, 0.05) is 6.07 Å². The molecule has 0 aliphatic rings. The summed E-state index contributed by atoms with van der Waals surface area (Å²) in [4.78, 5) is -0.0737. The second-order valence-corrected chi connectivity index (χ2v) is 9.36. The molecule has 0 bridgehead atoms. The van der Waals surface area contributed by atoms with E-state index in [0.717, 1.165) is 5.56 Å². The predicted octanol–water partition coefficient (Wildman–Crippen LogP) is 2.66. The molecule has 0 unspecified atom stereocenters. The largest absolute Gasteiger partial charge is 0.495 e. The molecule has 2 aromatic rings. The fourth-order valence-corrected chi connectivity index (χ4v) is 4.66. The molecule has 9 nitrogen and oxygen atoms in total. The van der Waals surface area contributed by atoms with Crippen molar-refractivity contribution in [3.8, 4) is 5.75 Å². The van der Waals surface area contributed by atoms with Gasteiger partial charge in [0.05, 0.1) is 40.6 Å². The fourth-order valence-electron chi connectivity index (χ4n) is 2.15. The number of methoxy groups -OCH3 is 1. The number of azo groups is 1. The molecular weight excluding hydrogens is 394 g/mol. The zero-order chi connectivity index (χ0) is 20.2. The molecule has 0 aliphatic heterocycles. The lowest BCUT2D eigenvalue weighted by molar-refractivity contribution is 0.417. The summed E-state index contributed by atoms with van der Waals surface area (Å²) < 4.78 is 59.4. The van der Waals surface area contributed by atoms with Crippen molar-refractivity contribution < 1.29 is 26.1 Å². The zero-order valence-corrected chi connectivity index (χ0v) is 16.3. The molecule has 0 amide bonds. The number of anilines is 1. The lowest BCUT2D eigenvalue weighted by Gasteiger charge is -2.07. The SMILES string of the molecule is COc1cc(N=Nc2ccc(S(=O)(=O)CCS(=O)(=O)O)cc2)c(C)cc1N. The van der Waals surface area contributed by atoms with Gasteiger partial charge in [-0.25, -0.2) is 8.42 Å². The molecule has 0 fully saturated rings. The Balaban J connectivity index is 2.20. The van der Waals surface area contributed by atoms with Gasteiger partial charge in [0.15, 0.2) is 9.84 Å². The van der Waals surface area contributed by atoms with Crippen molar-refractivity contribution in [2.24, 2.45) is 10.2 Å². The van der Waals surface area contributed by atoms with Crippen LogP contribution in [0.2, 0.25) is 0 Å².